The van der Waals surface area contributed by atoms with E-state index in [0.29, 0.717) is 19.3 Å². The molecule has 4 heteroatoms. The highest BCUT2D eigenvalue weighted by molar-refractivity contribution is 5.50. The van der Waals surface area contributed by atoms with Gasteiger partial charge in [0.15, 0.2) is 6.29 Å². The van der Waals surface area contributed by atoms with E-state index in [0.717, 1.165) is 44.9 Å². The molecule has 0 amide bonds. The molecular weight excluding hydrogens is 278 g/mol. The first-order chi connectivity index (χ1) is 10.7. The summed E-state index contributed by atoms with van der Waals surface area (Å²) < 4.78 is 0. The van der Waals surface area contributed by atoms with Crippen LogP contribution in [0, 0.1) is 10.1 Å². The van der Waals surface area contributed by atoms with Crippen molar-refractivity contribution in [3.05, 3.63) is 46.2 Å². The summed E-state index contributed by atoms with van der Waals surface area (Å²) in [5, 5.41) is 10.9. The van der Waals surface area contributed by atoms with Gasteiger partial charge in [0.1, 0.15) is 0 Å². The molecule has 0 bridgehead atoms. The minimum absolute atomic E-state index is 0.266. The minimum atomic E-state index is -0.297. The lowest BCUT2D eigenvalue weighted by Gasteiger charge is -1.97. The summed E-state index contributed by atoms with van der Waals surface area (Å²) in [7, 11) is 0. The minimum Gasteiger partial charge on any atom is -0.291 e. The van der Waals surface area contributed by atoms with Crippen LogP contribution in [0.15, 0.2) is 36.1 Å². The Balaban J connectivity index is 3.80. The number of hydrogen-bond acceptors (Lipinski definition) is 3. The molecule has 123 valence electrons. The molecule has 0 heterocycles. The first-order valence-corrected chi connectivity index (χ1v) is 8.20. The van der Waals surface area contributed by atoms with Gasteiger partial charge in [-0.3, -0.25) is 14.9 Å². The third-order valence-electron chi connectivity index (χ3n) is 3.27. The average Bonchev–Trinajstić information content (AvgIpc) is 2.50. The number of allylic oxidation sites excluding steroid dienone is 5. The Morgan fingerprint density at radius 2 is 1.77 bits per heavy atom. The van der Waals surface area contributed by atoms with E-state index < -0.39 is 0 Å². The smallest absolute Gasteiger partial charge is 0.246 e. The van der Waals surface area contributed by atoms with Crippen molar-refractivity contribution in [1.29, 1.82) is 0 Å². The molecule has 0 saturated heterocycles. The zero-order chi connectivity index (χ0) is 16.5. The fraction of sp³-hybridized carbons (Fsp3) is 0.611. The van der Waals surface area contributed by atoms with Gasteiger partial charge in [0.25, 0.3) is 0 Å². The van der Waals surface area contributed by atoms with Gasteiger partial charge in [0.05, 0.1) is 11.3 Å². The molecule has 4 nitrogen and oxygen atoms in total. The molecule has 0 spiro atoms. The normalized spacial score (nSPS) is 12.3. The Bertz CT molecular complexity index is 384. The fourth-order valence-electron chi connectivity index (χ4n) is 2.01. The molecular formula is C18H28NO3. The van der Waals surface area contributed by atoms with Crippen molar-refractivity contribution in [3.8, 4) is 0 Å². The van der Waals surface area contributed by atoms with Crippen LogP contribution in [0.2, 0.25) is 0 Å². The highest BCUT2D eigenvalue weighted by Gasteiger charge is 2.06. The van der Waals surface area contributed by atoms with E-state index in [9.17, 15) is 14.9 Å². The summed E-state index contributed by atoms with van der Waals surface area (Å²) in [5.41, 5.74) is 0.266. The Kier molecular flexibility index (Phi) is 14.5. The zero-order valence-electron chi connectivity index (χ0n) is 13.6. The van der Waals surface area contributed by atoms with E-state index in [1.807, 2.05) is 37.5 Å². The van der Waals surface area contributed by atoms with Crippen molar-refractivity contribution in [3.63, 3.8) is 0 Å². The molecule has 0 rings (SSSR count). The molecule has 0 aliphatic rings. The number of nitro groups is 1. The molecule has 1 radical (unpaired) electrons. The van der Waals surface area contributed by atoms with E-state index in [1.165, 1.54) is 0 Å². The first kappa shape index (κ1) is 20.3. The van der Waals surface area contributed by atoms with Gasteiger partial charge in [-0.2, -0.15) is 0 Å². The summed E-state index contributed by atoms with van der Waals surface area (Å²) in [5.74, 6) is 0. The average molecular weight is 306 g/mol. The van der Waals surface area contributed by atoms with Crippen LogP contribution < -0.4 is 0 Å². The topological polar surface area (TPSA) is 60.2 Å². The second kappa shape index (κ2) is 15.7. The lowest BCUT2D eigenvalue weighted by atomic mass is 10.1. The van der Waals surface area contributed by atoms with Crippen molar-refractivity contribution < 1.29 is 9.72 Å². The van der Waals surface area contributed by atoms with E-state index in [-0.39, 0.29) is 10.6 Å². The van der Waals surface area contributed by atoms with Gasteiger partial charge < -0.3 is 0 Å². The van der Waals surface area contributed by atoms with Gasteiger partial charge in [0, 0.05) is 6.42 Å². The van der Waals surface area contributed by atoms with Gasteiger partial charge >= 0.3 is 0 Å². The van der Waals surface area contributed by atoms with Crippen LogP contribution in [0.4, 0.5) is 0 Å². The van der Waals surface area contributed by atoms with E-state index in [4.69, 9.17) is 0 Å². The summed E-state index contributed by atoms with van der Waals surface area (Å²) >= 11 is 0. The zero-order valence-corrected chi connectivity index (χ0v) is 13.6. The third-order valence-corrected chi connectivity index (χ3v) is 3.27. The van der Waals surface area contributed by atoms with Crippen molar-refractivity contribution in [1.82, 2.24) is 0 Å². The molecule has 0 N–H and O–H groups in total. The van der Waals surface area contributed by atoms with Crippen molar-refractivity contribution >= 4 is 6.29 Å². The molecule has 0 aromatic heterocycles. The second-order valence-corrected chi connectivity index (χ2v) is 5.19. The van der Waals surface area contributed by atoms with Crippen LogP contribution in [0.3, 0.4) is 0 Å². The Labute approximate surface area is 134 Å². The van der Waals surface area contributed by atoms with Crippen LogP contribution in [0.5, 0.6) is 0 Å². The standard InChI is InChI=1S/C18H28NO3/c1-2-3-4-12-15-18(19(21)22)16-13-10-8-6-5-7-9-11-14-17-20/h3-4,10,13,15H,2,5-9,11-12,14,16H2,1H3/b4-3-,13-10-,18-15+. The molecule has 0 aliphatic carbocycles. The maximum absolute atomic E-state index is 10.9. The van der Waals surface area contributed by atoms with Crippen molar-refractivity contribution in [2.24, 2.45) is 0 Å². The second-order valence-electron chi connectivity index (χ2n) is 5.19. The maximum atomic E-state index is 10.9. The number of unbranched alkanes of at least 4 members (excludes halogenated alkanes) is 6. The molecule has 0 unspecified atom stereocenters. The SMILES string of the molecule is CC/C=C\C/C=C(\C/C=C\CCCCCCC[C]=O)[N+](=O)[O-]. The summed E-state index contributed by atoms with van der Waals surface area (Å²) in [6.45, 7) is 2.04. The number of rotatable bonds is 14. The predicted octanol–water partition coefficient (Wildman–Crippen LogP) is 5.29. The fourth-order valence-corrected chi connectivity index (χ4v) is 2.01. The van der Waals surface area contributed by atoms with E-state index in [2.05, 4.69) is 0 Å². The molecule has 0 fully saturated rings. The van der Waals surface area contributed by atoms with Crippen LogP contribution in [-0.2, 0) is 4.79 Å². The van der Waals surface area contributed by atoms with Gasteiger partial charge in [-0.15, -0.1) is 0 Å². The number of hydrogen-bond donors (Lipinski definition) is 0. The Morgan fingerprint density at radius 3 is 2.45 bits per heavy atom. The molecule has 0 aliphatic heterocycles. The summed E-state index contributed by atoms with van der Waals surface area (Å²) in [6.07, 6.45) is 20.3. The number of carbonyl (C=O) groups excluding carboxylic acids is 1. The van der Waals surface area contributed by atoms with Gasteiger partial charge in [-0.05, 0) is 38.2 Å². The van der Waals surface area contributed by atoms with E-state index in [1.54, 1.807) is 6.08 Å². The molecule has 0 aromatic rings. The lowest BCUT2D eigenvalue weighted by molar-refractivity contribution is -0.427. The summed E-state index contributed by atoms with van der Waals surface area (Å²) in [6, 6.07) is 0. The van der Waals surface area contributed by atoms with Gasteiger partial charge in [-0.1, -0.05) is 50.5 Å². The van der Waals surface area contributed by atoms with Crippen molar-refractivity contribution in [2.75, 3.05) is 0 Å². The van der Waals surface area contributed by atoms with Crippen LogP contribution in [-0.4, -0.2) is 11.2 Å². The molecule has 0 aromatic carbocycles. The predicted molar refractivity (Wildman–Crippen MR) is 90.9 cm³/mol. The van der Waals surface area contributed by atoms with Crippen molar-refractivity contribution in [2.45, 2.75) is 71.1 Å². The van der Waals surface area contributed by atoms with Crippen LogP contribution >= 0.6 is 0 Å². The summed E-state index contributed by atoms with van der Waals surface area (Å²) in [4.78, 5) is 20.6. The number of nitrogens with zero attached hydrogens (tertiary/aromatic N) is 1. The monoisotopic (exact) mass is 306 g/mol. The van der Waals surface area contributed by atoms with Crippen LogP contribution in [0.1, 0.15) is 71.1 Å². The molecule has 0 saturated carbocycles. The van der Waals surface area contributed by atoms with Gasteiger partial charge in [0.2, 0.25) is 5.70 Å². The van der Waals surface area contributed by atoms with Crippen LogP contribution in [0.25, 0.3) is 0 Å². The third kappa shape index (κ3) is 13.3. The Morgan fingerprint density at radius 1 is 1.05 bits per heavy atom. The first-order valence-electron chi connectivity index (χ1n) is 8.20. The van der Waals surface area contributed by atoms with E-state index >= 15 is 0 Å². The highest BCUT2D eigenvalue weighted by atomic mass is 16.6. The lowest BCUT2D eigenvalue weighted by Crippen LogP contribution is -1.97. The Hall–Kier alpha value is -1.71. The molecule has 0 atom stereocenters. The highest BCUT2D eigenvalue weighted by Crippen LogP contribution is 2.09. The largest absolute Gasteiger partial charge is 0.291 e. The maximum Gasteiger partial charge on any atom is 0.246 e. The van der Waals surface area contributed by atoms with Gasteiger partial charge in [-0.25, -0.2) is 0 Å². The quantitative estimate of drug-likeness (QED) is 0.189. The molecule has 22 heavy (non-hydrogen) atoms.